The molecule has 0 fully saturated rings. The molecule has 59 valence electrons. The topological polar surface area (TPSA) is 26.5 Å². The smallest absolute Gasteiger partial charge is 0.132 e. The zero-order chi connectivity index (χ0) is 8.39. The van der Waals surface area contributed by atoms with Crippen LogP contribution >= 0.6 is 0 Å². The third-order valence-corrected chi connectivity index (χ3v) is 1.61. The van der Waals surface area contributed by atoms with E-state index >= 15 is 0 Å². The first-order valence-corrected chi connectivity index (χ1v) is 3.57. The van der Waals surface area contributed by atoms with Gasteiger partial charge >= 0.3 is 0 Å². The summed E-state index contributed by atoms with van der Waals surface area (Å²) in [6.45, 7) is 0. The molecule has 0 saturated heterocycles. The van der Waals surface area contributed by atoms with Crippen molar-refractivity contribution >= 4 is 5.71 Å². The number of hydrogen-bond donors (Lipinski definition) is 0. The molecule has 0 atom stereocenters. The molecular formula is C9H6FN2. The Balaban J connectivity index is 2.46. The SMILES string of the molecule is Fc1ccccc1C1=N[N]C=C1. The predicted octanol–water partition coefficient (Wildman–Crippen LogP) is 1.66. The number of nitrogens with zero attached hydrogens (tertiary/aromatic N) is 2. The lowest BCUT2D eigenvalue weighted by atomic mass is 10.1. The molecule has 0 spiro atoms. The third kappa shape index (κ3) is 1.09. The van der Waals surface area contributed by atoms with E-state index in [9.17, 15) is 4.39 Å². The van der Waals surface area contributed by atoms with Crippen molar-refractivity contribution < 1.29 is 4.39 Å². The Morgan fingerprint density at radius 2 is 2.00 bits per heavy atom. The fourth-order valence-electron chi connectivity index (χ4n) is 1.05. The highest BCUT2D eigenvalue weighted by atomic mass is 19.1. The van der Waals surface area contributed by atoms with Crippen molar-refractivity contribution in [3.8, 4) is 0 Å². The predicted molar refractivity (Wildman–Crippen MR) is 44.2 cm³/mol. The molecule has 1 radical (unpaired) electrons. The minimum Gasteiger partial charge on any atom is -0.206 e. The molecule has 2 rings (SSSR count). The summed E-state index contributed by atoms with van der Waals surface area (Å²) in [5.41, 5.74) is 4.70. The molecule has 0 amide bonds. The van der Waals surface area contributed by atoms with Crippen LogP contribution in [-0.2, 0) is 0 Å². The van der Waals surface area contributed by atoms with Crippen LogP contribution in [0.15, 0.2) is 41.6 Å². The fourth-order valence-corrected chi connectivity index (χ4v) is 1.05. The Labute approximate surface area is 69.4 Å². The Morgan fingerprint density at radius 1 is 1.17 bits per heavy atom. The van der Waals surface area contributed by atoms with Crippen LogP contribution in [0, 0.1) is 5.82 Å². The van der Waals surface area contributed by atoms with Gasteiger partial charge in [-0.15, -0.1) is 0 Å². The summed E-state index contributed by atoms with van der Waals surface area (Å²) in [5, 5.41) is 3.76. The second-order valence-electron chi connectivity index (χ2n) is 2.40. The molecule has 2 nitrogen and oxygen atoms in total. The van der Waals surface area contributed by atoms with Crippen LogP contribution in [0.4, 0.5) is 4.39 Å². The minimum atomic E-state index is -0.266. The maximum absolute atomic E-state index is 13.1. The van der Waals surface area contributed by atoms with Crippen LogP contribution in [0.3, 0.4) is 0 Å². The van der Waals surface area contributed by atoms with Crippen LogP contribution in [0.1, 0.15) is 5.56 Å². The maximum atomic E-state index is 13.1. The lowest BCUT2D eigenvalue weighted by Gasteiger charge is -1.97. The van der Waals surface area contributed by atoms with E-state index in [1.165, 1.54) is 6.07 Å². The highest BCUT2D eigenvalue weighted by Crippen LogP contribution is 2.10. The van der Waals surface area contributed by atoms with E-state index in [-0.39, 0.29) is 5.82 Å². The number of hydrogen-bond acceptors (Lipinski definition) is 1. The van der Waals surface area contributed by atoms with E-state index in [2.05, 4.69) is 10.5 Å². The van der Waals surface area contributed by atoms with Crippen molar-refractivity contribution in [2.45, 2.75) is 0 Å². The number of rotatable bonds is 1. The first-order valence-electron chi connectivity index (χ1n) is 3.57. The fraction of sp³-hybridized carbons (Fsp3) is 0. The normalized spacial score (nSPS) is 14.2. The van der Waals surface area contributed by atoms with Gasteiger partial charge in [0.25, 0.3) is 0 Å². The molecule has 1 aliphatic heterocycles. The molecule has 1 heterocycles. The van der Waals surface area contributed by atoms with Gasteiger partial charge in [0.2, 0.25) is 0 Å². The van der Waals surface area contributed by atoms with Crippen molar-refractivity contribution in [1.82, 2.24) is 5.43 Å². The van der Waals surface area contributed by atoms with Gasteiger partial charge in [-0.05, 0) is 18.2 Å². The number of allylic oxidation sites excluding steroid dienone is 1. The second kappa shape index (κ2) is 2.77. The average molecular weight is 161 g/mol. The monoisotopic (exact) mass is 161 g/mol. The summed E-state index contributed by atoms with van der Waals surface area (Å²) < 4.78 is 13.1. The molecule has 0 bridgehead atoms. The highest BCUT2D eigenvalue weighted by Gasteiger charge is 2.08. The van der Waals surface area contributed by atoms with Crippen LogP contribution in [0.5, 0.6) is 0 Å². The summed E-state index contributed by atoms with van der Waals surface area (Å²) in [5.74, 6) is -0.266. The lowest BCUT2D eigenvalue weighted by molar-refractivity contribution is 0.625. The van der Waals surface area contributed by atoms with Gasteiger partial charge < -0.3 is 0 Å². The van der Waals surface area contributed by atoms with Crippen LogP contribution in [-0.4, -0.2) is 5.71 Å². The van der Waals surface area contributed by atoms with Crippen LogP contribution < -0.4 is 5.43 Å². The van der Waals surface area contributed by atoms with Crippen LogP contribution in [0.25, 0.3) is 0 Å². The van der Waals surface area contributed by atoms with Gasteiger partial charge in [0.1, 0.15) is 5.82 Å². The van der Waals surface area contributed by atoms with Crippen molar-refractivity contribution in [3.63, 3.8) is 0 Å². The molecule has 1 aromatic rings. The molecular weight excluding hydrogens is 155 g/mol. The molecule has 0 aromatic heterocycles. The van der Waals surface area contributed by atoms with E-state index in [0.29, 0.717) is 11.3 Å². The standard InChI is InChI=1S/C9H6FN2/c10-8-4-2-1-3-7(8)9-5-6-11-12-9/h1-6H. The van der Waals surface area contributed by atoms with Crippen molar-refractivity contribution in [1.29, 1.82) is 0 Å². The number of halogens is 1. The van der Waals surface area contributed by atoms with E-state index in [4.69, 9.17) is 0 Å². The van der Waals surface area contributed by atoms with E-state index < -0.39 is 0 Å². The summed E-state index contributed by atoms with van der Waals surface area (Å²) >= 11 is 0. The Morgan fingerprint density at radius 3 is 2.67 bits per heavy atom. The maximum Gasteiger partial charge on any atom is 0.132 e. The molecule has 12 heavy (non-hydrogen) atoms. The summed E-state index contributed by atoms with van der Waals surface area (Å²) in [6.07, 6.45) is 3.22. The van der Waals surface area contributed by atoms with E-state index in [1.807, 2.05) is 0 Å². The molecule has 0 unspecified atom stereocenters. The van der Waals surface area contributed by atoms with Gasteiger partial charge in [0.15, 0.2) is 0 Å². The Bertz CT molecular complexity index is 355. The van der Waals surface area contributed by atoms with Gasteiger partial charge in [-0.25, -0.2) is 4.39 Å². The van der Waals surface area contributed by atoms with Gasteiger partial charge in [-0.2, -0.15) is 10.5 Å². The van der Waals surface area contributed by atoms with Gasteiger partial charge in [-0.1, -0.05) is 12.1 Å². The average Bonchev–Trinajstić information content (AvgIpc) is 2.57. The summed E-state index contributed by atoms with van der Waals surface area (Å²) in [4.78, 5) is 0. The van der Waals surface area contributed by atoms with Crippen LogP contribution in [0.2, 0.25) is 0 Å². The quantitative estimate of drug-likeness (QED) is 0.599. The molecule has 1 aromatic carbocycles. The first kappa shape index (κ1) is 7.03. The molecule has 0 N–H and O–H groups in total. The summed E-state index contributed by atoms with van der Waals surface area (Å²) in [6, 6.07) is 6.51. The highest BCUT2D eigenvalue weighted by molar-refractivity contribution is 6.09. The Hall–Kier alpha value is -1.64. The van der Waals surface area contributed by atoms with Crippen molar-refractivity contribution in [2.75, 3.05) is 0 Å². The molecule has 0 saturated carbocycles. The van der Waals surface area contributed by atoms with Crippen molar-refractivity contribution in [2.24, 2.45) is 5.10 Å². The molecule has 3 heteroatoms. The summed E-state index contributed by atoms with van der Waals surface area (Å²) in [7, 11) is 0. The van der Waals surface area contributed by atoms with E-state index in [1.54, 1.807) is 30.5 Å². The molecule has 0 aliphatic carbocycles. The lowest BCUT2D eigenvalue weighted by Crippen LogP contribution is -1.97. The third-order valence-electron chi connectivity index (χ3n) is 1.61. The van der Waals surface area contributed by atoms with Crippen molar-refractivity contribution in [3.05, 3.63) is 47.9 Å². The Kier molecular flexibility index (Phi) is 1.63. The minimum absolute atomic E-state index is 0.266. The molecule has 1 aliphatic rings. The van der Waals surface area contributed by atoms with Gasteiger partial charge in [-0.3, -0.25) is 0 Å². The van der Waals surface area contributed by atoms with Gasteiger partial charge in [0, 0.05) is 5.56 Å². The second-order valence-corrected chi connectivity index (χ2v) is 2.40. The largest absolute Gasteiger partial charge is 0.206 e. The van der Waals surface area contributed by atoms with Gasteiger partial charge in [0.05, 0.1) is 11.9 Å². The zero-order valence-electron chi connectivity index (χ0n) is 6.24. The zero-order valence-corrected chi connectivity index (χ0v) is 6.24. The number of benzene rings is 1. The first-order chi connectivity index (χ1) is 5.88. The van der Waals surface area contributed by atoms with E-state index in [0.717, 1.165) is 0 Å².